The van der Waals surface area contributed by atoms with Gasteiger partial charge in [0.15, 0.2) is 0 Å². The summed E-state index contributed by atoms with van der Waals surface area (Å²) in [5.41, 5.74) is 6.92. The molecule has 3 aromatic carbocycles. The van der Waals surface area contributed by atoms with Crippen molar-refractivity contribution in [2.75, 3.05) is 6.61 Å². The van der Waals surface area contributed by atoms with Crippen molar-refractivity contribution in [3.63, 3.8) is 0 Å². The zero-order valence-corrected chi connectivity index (χ0v) is 16.1. The Morgan fingerprint density at radius 1 is 0.786 bits per heavy atom. The van der Waals surface area contributed by atoms with Crippen LogP contribution in [0.4, 0.5) is 0 Å². The van der Waals surface area contributed by atoms with Crippen LogP contribution in [0.2, 0.25) is 0 Å². The lowest BCUT2D eigenvalue weighted by Crippen LogP contribution is -2.19. The Kier molecular flexibility index (Phi) is 4.72. The van der Waals surface area contributed by atoms with Crippen molar-refractivity contribution in [2.45, 2.75) is 31.9 Å². The highest BCUT2D eigenvalue weighted by atomic mass is 16.5. The van der Waals surface area contributed by atoms with Gasteiger partial charge in [-0.1, -0.05) is 78.9 Å². The van der Waals surface area contributed by atoms with Crippen LogP contribution in [0.3, 0.4) is 0 Å². The quantitative estimate of drug-likeness (QED) is 0.426. The molecule has 0 spiro atoms. The summed E-state index contributed by atoms with van der Waals surface area (Å²) >= 11 is 0. The molecule has 1 unspecified atom stereocenters. The summed E-state index contributed by atoms with van der Waals surface area (Å²) in [6.07, 6.45) is 3.23. The average Bonchev–Trinajstić information content (AvgIpc) is 3.08. The Bertz CT molecular complexity index is 1070. The fourth-order valence-electron chi connectivity index (χ4n) is 4.51. The molecule has 2 heterocycles. The van der Waals surface area contributed by atoms with E-state index in [4.69, 9.17) is 4.74 Å². The molecule has 0 radical (unpaired) electrons. The van der Waals surface area contributed by atoms with Gasteiger partial charge >= 0.3 is 0 Å². The fourth-order valence-corrected chi connectivity index (χ4v) is 4.51. The maximum absolute atomic E-state index is 6.28. The number of aromatic nitrogens is 1. The molecule has 1 aliphatic rings. The van der Waals surface area contributed by atoms with Crippen molar-refractivity contribution in [2.24, 2.45) is 0 Å². The first-order valence-electron chi connectivity index (χ1n) is 10.2. The van der Waals surface area contributed by atoms with Gasteiger partial charge < -0.3 is 9.30 Å². The van der Waals surface area contributed by atoms with Crippen molar-refractivity contribution in [3.05, 3.63) is 107 Å². The van der Waals surface area contributed by atoms with Gasteiger partial charge in [-0.3, -0.25) is 0 Å². The normalized spacial score (nSPS) is 16.2. The molecule has 1 aromatic heterocycles. The molecule has 140 valence electrons. The predicted octanol–water partition coefficient (Wildman–Crippen LogP) is 5.94. The topological polar surface area (TPSA) is 14.2 Å². The minimum atomic E-state index is 0.172. The molecule has 0 saturated carbocycles. The van der Waals surface area contributed by atoms with Crippen LogP contribution in [-0.4, -0.2) is 11.2 Å². The molecule has 0 N–H and O–H groups in total. The number of hydrogen-bond donors (Lipinski definition) is 0. The standard InChI is InChI=1S/C26H25NO/c1-3-9-20(10-4-1)15-16-25-26-22-13-7-8-14-23(22)27(24(26)17-18-28-25)19-21-11-5-2-6-12-21/h1-14,25H,15-19H2. The van der Waals surface area contributed by atoms with Crippen molar-refractivity contribution >= 4 is 10.9 Å². The molecule has 0 amide bonds. The summed E-state index contributed by atoms with van der Waals surface area (Å²) in [5.74, 6) is 0. The molecule has 0 fully saturated rings. The van der Waals surface area contributed by atoms with E-state index in [2.05, 4.69) is 89.5 Å². The van der Waals surface area contributed by atoms with Gasteiger partial charge in [0, 0.05) is 35.1 Å². The third kappa shape index (κ3) is 3.25. The average molecular weight is 367 g/mol. The maximum atomic E-state index is 6.28. The van der Waals surface area contributed by atoms with Crippen molar-refractivity contribution in [1.82, 2.24) is 4.57 Å². The number of benzene rings is 3. The third-order valence-electron chi connectivity index (χ3n) is 5.82. The highest BCUT2D eigenvalue weighted by Crippen LogP contribution is 2.38. The Hall–Kier alpha value is -2.84. The zero-order chi connectivity index (χ0) is 18.8. The van der Waals surface area contributed by atoms with Crippen LogP contribution >= 0.6 is 0 Å². The van der Waals surface area contributed by atoms with E-state index in [1.165, 1.54) is 33.3 Å². The maximum Gasteiger partial charge on any atom is 0.0851 e. The Morgan fingerprint density at radius 3 is 2.25 bits per heavy atom. The molecule has 1 aliphatic heterocycles. The van der Waals surface area contributed by atoms with Crippen LogP contribution in [-0.2, 0) is 24.1 Å². The van der Waals surface area contributed by atoms with E-state index in [-0.39, 0.29) is 6.10 Å². The second-order valence-corrected chi connectivity index (χ2v) is 7.58. The molecule has 0 saturated heterocycles. The van der Waals surface area contributed by atoms with Crippen LogP contribution in [0, 0.1) is 0 Å². The van der Waals surface area contributed by atoms with Gasteiger partial charge in [-0.25, -0.2) is 0 Å². The first-order valence-corrected chi connectivity index (χ1v) is 10.2. The summed E-state index contributed by atoms with van der Waals surface area (Å²) in [6.45, 7) is 1.72. The Balaban J connectivity index is 1.53. The van der Waals surface area contributed by atoms with E-state index in [1.807, 2.05) is 0 Å². The molecule has 2 heteroatoms. The fraction of sp³-hybridized carbons (Fsp3) is 0.231. The summed E-state index contributed by atoms with van der Waals surface area (Å²) in [6, 6.07) is 30.3. The van der Waals surface area contributed by atoms with E-state index in [1.54, 1.807) is 0 Å². The number of hydrogen-bond acceptors (Lipinski definition) is 1. The van der Waals surface area contributed by atoms with Gasteiger partial charge in [0.05, 0.1) is 12.7 Å². The molecular weight excluding hydrogens is 342 g/mol. The Labute approximate surface area is 166 Å². The smallest absolute Gasteiger partial charge is 0.0851 e. The van der Waals surface area contributed by atoms with Gasteiger partial charge in [-0.15, -0.1) is 0 Å². The van der Waals surface area contributed by atoms with Crippen LogP contribution in [0.25, 0.3) is 10.9 Å². The summed E-state index contributed by atoms with van der Waals surface area (Å²) < 4.78 is 8.80. The van der Waals surface area contributed by atoms with Gasteiger partial charge in [0.25, 0.3) is 0 Å². The first kappa shape index (κ1) is 17.3. The van der Waals surface area contributed by atoms with Gasteiger partial charge in [0.2, 0.25) is 0 Å². The van der Waals surface area contributed by atoms with Gasteiger partial charge in [-0.2, -0.15) is 0 Å². The van der Waals surface area contributed by atoms with E-state index in [9.17, 15) is 0 Å². The largest absolute Gasteiger partial charge is 0.373 e. The molecular formula is C26H25NO. The number of fused-ring (bicyclic) bond motifs is 3. The van der Waals surface area contributed by atoms with Crippen LogP contribution in [0.1, 0.15) is 34.9 Å². The Morgan fingerprint density at radius 2 is 1.46 bits per heavy atom. The molecule has 0 aliphatic carbocycles. The van der Waals surface area contributed by atoms with Crippen LogP contribution in [0.5, 0.6) is 0 Å². The van der Waals surface area contributed by atoms with E-state index < -0.39 is 0 Å². The van der Waals surface area contributed by atoms with E-state index in [0.717, 1.165) is 32.4 Å². The molecule has 5 rings (SSSR count). The summed E-state index contributed by atoms with van der Waals surface area (Å²) in [5, 5.41) is 1.35. The predicted molar refractivity (Wildman–Crippen MR) is 115 cm³/mol. The molecule has 28 heavy (non-hydrogen) atoms. The SMILES string of the molecule is c1ccc(CCC2OCCc3c2c2ccccc2n3Cc2ccccc2)cc1. The minimum absolute atomic E-state index is 0.172. The first-order chi connectivity index (χ1) is 13.9. The summed E-state index contributed by atoms with van der Waals surface area (Å²) in [7, 11) is 0. The molecule has 4 aromatic rings. The van der Waals surface area contributed by atoms with Crippen LogP contribution < -0.4 is 0 Å². The van der Waals surface area contributed by atoms with E-state index >= 15 is 0 Å². The second kappa shape index (κ2) is 7.65. The van der Waals surface area contributed by atoms with E-state index in [0.29, 0.717) is 0 Å². The molecule has 2 nitrogen and oxygen atoms in total. The lowest BCUT2D eigenvalue weighted by Gasteiger charge is -2.25. The number of rotatable bonds is 5. The van der Waals surface area contributed by atoms with Gasteiger partial charge in [-0.05, 0) is 30.0 Å². The highest BCUT2D eigenvalue weighted by molar-refractivity contribution is 5.86. The van der Waals surface area contributed by atoms with Gasteiger partial charge in [0.1, 0.15) is 0 Å². The monoisotopic (exact) mass is 367 g/mol. The minimum Gasteiger partial charge on any atom is -0.373 e. The van der Waals surface area contributed by atoms with Crippen LogP contribution in [0.15, 0.2) is 84.9 Å². The number of nitrogens with zero attached hydrogens (tertiary/aromatic N) is 1. The molecule has 0 bridgehead atoms. The highest BCUT2D eigenvalue weighted by Gasteiger charge is 2.27. The lowest BCUT2D eigenvalue weighted by molar-refractivity contribution is 0.0365. The van der Waals surface area contributed by atoms with Crippen molar-refractivity contribution < 1.29 is 4.74 Å². The third-order valence-corrected chi connectivity index (χ3v) is 5.82. The van der Waals surface area contributed by atoms with Crippen molar-refractivity contribution in [3.8, 4) is 0 Å². The number of aryl methyl sites for hydroxylation is 1. The van der Waals surface area contributed by atoms with Crippen molar-refractivity contribution in [1.29, 1.82) is 0 Å². The number of para-hydroxylation sites is 1. The molecule has 1 atom stereocenters. The zero-order valence-electron chi connectivity index (χ0n) is 16.1. The lowest BCUT2D eigenvalue weighted by atomic mass is 9.96. The summed E-state index contributed by atoms with van der Waals surface area (Å²) in [4.78, 5) is 0. The second-order valence-electron chi connectivity index (χ2n) is 7.58. The number of ether oxygens (including phenoxy) is 1.